The number of anilines is 1. The van der Waals surface area contributed by atoms with Crippen molar-refractivity contribution >= 4 is 27.4 Å². The average Bonchev–Trinajstić information content (AvgIpc) is 3.15. The van der Waals surface area contributed by atoms with Gasteiger partial charge in [0.2, 0.25) is 0 Å². The maximum atomic E-state index is 12.6. The van der Waals surface area contributed by atoms with Crippen molar-refractivity contribution in [3.05, 3.63) is 59.2 Å². The number of rotatable bonds is 5. The second-order valence-corrected chi connectivity index (χ2v) is 8.48. The largest absolute Gasteiger partial charge is 0.478 e. The molecule has 0 saturated carbocycles. The molecule has 0 bridgehead atoms. The van der Waals surface area contributed by atoms with E-state index in [2.05, 4.69) is 5.32 Å². The van der Waals surface area contributed by atoms with Crippen molar-refractivity contribution in [2.75, 3.05) is 24.8 Å². The van der Waals surface area contributed by atoms with Crippen LogP contribution in [0.2, 0.25) is 0 Å². The van der Waals surface area contributed by atoms with Crippen LogP contribution in [0.3, 0.4) is 0 Å². The van der Waals surface area contributed by atoms with Crippen LogP contribution in [0.15, 0.2) is 47.4 Å². The van der Waals surface area contributed by atoms with Crippen LogP contribution < -0.4 is 5.32 Å². The highest BCUT2D eigenvalue weighted by molar-refractivity contribution is 7.90. The normalized spacial score (nSPS) is 16.9. The Bertz CT molecular complexity index is 993. The number of aromatic carboxylic acids is 1. The molecule has 2 aromatic rings. The first-order valence-corrected chi connectivity index (χ1v) is 10.2. The van der Waals surface area contributed by atoms with E-state index < -0.39 is 21.7 Å². The van der Waals surface area contributed by atoms with Gasteiger partial charge in [0.05, 0.1) is 17.1 Å². The molecule has 1 fully saturated rings. The van der Waals surface area contributed by atoms with Crippen LogP contribution in [-0.4, -0.2) is 44.9 Å². The van der Waals surface area contributed by atoms with Gasteiger partial charge in [0.15, 0.2) is 9.84 Å². The summed E-state index contributed by atoms with van der Waals surface area (Å²) < 4.78 is 29.0. The Balaban J connectivity index is 1.88. The van der Waals surface area contributed by atoms with E-state index in [4.69, 9.17) is 4.74 Å². The summed E-state index contributed by atoms with van der Waals surface area (Å²) in [5.41, 5.74) is 1.29. The Kier molecular flexibility index (Phi) is 5.29. The van der Waals surface area contributed by atoms with Gasteiger partial charge in [-0.25, -0.2) is 13.2 Å². The van der Waals surface area contributed by atoms with E-state index in [9.17, 15) is 23.1 Å². The van der Waals surface area contributed by atoms with Gasteiger partial charge >= 0.3 is 5.97 Å². The van der Waals surface area contributed by atoms with E-state index in [1.54, 1.807) is 18.2 Å². The number of amides is 1. The van der Waals surface area contributed by atoms with Gasteiger partial charge in [0.1, 0.15) is 0 Å². The smallest absolute Gasteiger partial charge is 0.335 e. The number of carboxylic acid groups (broad SMARTS) is 1. The van der Waals surface area contributed by atoms with E-state index in [1.807, 2.05) is 6.07 Å². The maximum absolute atomic E-state index is 12.6. The van der Waals surface area contributed by atoms with E-state index in [-0.39, 0.29) is 22.1 Å². The Hall–Kier alpha value is -2.71. The molecule has 0 aliphatic carbocycles. The van der Waals surface area contributed by atoms with Crippen LogP contribution in [0.1, 0.15) is 38.6 Å². The summed E-state index contributed by atoms with van der Waals surface area (Å²) in [6.07, 6.45) is 1.87. The predicted octanol–water partition coefficient (Wildman–Crippen LogP) is 2.54. The predicted molar refractivity (Wildman–Crippen MR) is 99.1 cm³/mol. The molecule has 3 rings (SSSR count). The van der Waals surface area contributed by atoms with Gasteiger partial charge in [0.25, 0.3) is 5.91 Å². The molecule has 1 saturated heterocycles. The lowest BCUT2D eigenvalue weighted by molar-refractivity contribution is 0.0696. The molecule has 2 N–H and O–H groups in total. The Labute approximate surface area is 156 Å². The highest BCUT2D eigenvalue weighted by atomic mass is 32.2. The molecule has 0 spiro atoms. The summed E-state index contributed by atoms with van der Waals surface area (Å²) in [7, 11) is -3.63. The van der Waals surface area contributed by atoms with Crippen molar-refractivity contribution in [3.63, 3.8) is 0 Å². The van der Waals surface area contributed by atoms with E-state index in [0.717, 1.165) is 24.3 Å². The zero-order valence-corrected chi connectivity index (χ0v) is 15.5. The van der Waals surface area contributed by atoms with Gasteiger partial charge in [-0.1, -0.05) is 12.1 Å². The number of carboxylic acids is 1. The van der Waals surface area contributed by atoms with Gasteiger partial charge in [0, 0.05) is 30.0 Å². The maximum Gasteiger partial charge on any atom is 0.335 e. The molecule has 8 heteroatoms. The van der Waals surface area contributed by atoms with E-state index in [0.29, 0.717) is 18.8 Å². The first-order valence-electron chi connectivity index (χ1n) is 8.31. The zero-order valence-electron chi connectivity index (χ0n) is 14.6. The molecule has 0 aromatic heterocycles. The van der Waals surface area contributed by atoms with Crippen LogP contribution in [0, 0.1) is 0 Å². The molecule has 1 heterocycles. The number of nitrogens with one attached hydrogen (secondary N) is 1. The number of carbonyl (C=O) groups is 2. The Morgan fingerprint density at radius 3 is 2.56 bits per heavy atom. The van der Waals surface area contributed by atoms with Crippen molar-refractivity contribution in [3.8, 4) is 0 Å². The fourth-order valence-corrected chi connectivity index (χ4v) is 3.63. The summed E-state index contributed by atoms with van der Waals surface area (Å²) in [5.74, 6) is -1.48. The van der Waals surface area contributed by atoms with Crippen molar-refractivity contribution in [1.29, 1.82) is 0 Å². The van der Waals surface area contributed by atoms with Crippen LogP contribution in [0.5, 0.6) is 0 Å². The third-order valence-corrected chi connectivity index (χ3v) is 5.48. The Morgan fingerprint density at radius 1 is 1.15 bits per heavy atom. The number of hydrogen-bond acceptors (Lipinski definition) is 5. The molecule has 1 atom stereocenters. The van der Waals surface area contributed by atoms with Crippen LogP contribution in [0.25, 0.3) is 0 Å². The molecule has 1 unspecified atom stereocenters. The minimum absolute atomic E-state index is 0.106. The topological polar surface area (TPSA) is 110 Å². The number of sulfone groups is 1. The number of hydrogen-bond donors (Lipinski definition) is 2. The molecule has 1 amide bonds. The summed E-state index contributed by atoms with van der Waals surface area (Å²) in [4.78, 5) is 23.7. The van der Waals surface area contributed by atoms with Crippen molar-refractivity contribution in [2.24, 2.45) is 0 Å². The minimum Gasteiger partial charge on any atom is -0.478 e. The lowest BCUT2D eigenvalue weighted by atomic mass is 9.96. The van der Waals surface area contributed by atoms with Gasteiger partial charge in [-0.05, 0) is 42.3 Å². The molecule has 142 valence electrons. The molecular formula is C19H19NO6S. The molecule has 1 aliphatic heterocycles. The van der Waals surface area contributed by atoms with Crippen molar-refractivity contribution < 1.29 is 27.9 Å². The zero-order chi connectivity index (χ0) is 19.6. The van der Waals surface area contributed by atoms with Gasteiger partial charge in [-0.3, -0.25) is 4.79 Å². The van der Waals surface area contributed by atoms with E-state index in [1.165, 1.54) is 12.1 Å². The molecule has 2 aromatic carbocycles. The van der Waals surface area contributed by atoms with E-state index >= 15 is 0 Å². The molecular weight excluding hydrogens is 370 g/mol. The first kappa shape index (κ1) is 19.1. The summed E-state index contributed by atoms with van der Waals surface area (Å²) in [6, 6.07) is 10.7. The molecule has 1 aliphatic rings. The third kappa shape index (κ3) is 4.53. The van der Waals surface area contributed by atoms with Gasteiger partial charge in [-0.15, -0.1) is 0 Å². The molecule has 7 nitrogen and oxygen atoms in total. The van der Waals surface area contributed by atoms with Crippen molar-refractivity contribution in [2.45, 2.75) is 17.2 Å². The monoisotopic (exact) mass is 389 g/mol. The number of carbonyl (C=O) groups excluding carboxylic acids is 1. The second-order valence-electron chi connectivity index (χ2n) is 6.46. The Morgan fingerprint density at radius 2 is 1.93 bits per heavy atom. The highest BCUT2D eigenvalue weighted by Crippen LogP contribution is 2.26. The molecule has 27 heavy (non-hydrogen) atoms. The second kappa shape index (κ2) is 7.50. The van der Waals surface area contributed by atoms with Crippen molar-refractivity contribution in [1.82, 2.24) is 0 Å². The lowest BCUT2D eigenvalue weighted by Gasteiger charge is -2.11. The average molecular weight is 389 g/mol. The quantitative estimate of drug-likeness (QED) is 0.813. The number of ether oxygens (including phenoxy) is 1. The summed E-state index contributed by atoms with van der Waals surface area (Å²) >= 11 is 0. The van der Waals surface area contributed by atoms with Gasteiger partial charge in [-0.2, -0.15) is 0 Å². The standard InChI is InChI=1S/C19H19NO6S/c1-27(24,25)17-9-15(19(22)23)8-16(10-17)20-18(21)13-4-2-3-12(7-13)14-5-6-26-11-14/h2-4,7-10,14H,5-6,11H2,1H3,(H,20,21)(H,22,23). The lowest BCUT2D eigenvalue weighted by Crippen LogP contribution is -2.14. The molecule has 0 radical (unpaired) electrons. The number of benzene rings is 2. The third-order valence-electron chi connectivity index (χ3n) is 4.39. The fraction of sp³-hybridized carbons (Fsp3) is 0.263. The fourth-order valence-electron chi connectivity index (χ4n) is 2.94. The summed E-state index contributed by atoms with van der Waals surface area (Å²) in [6.45, 7) is 1.31. The first-order chi connectivity index (χ1) is 12.7. The highest BCUT2D eigenvalue weighted by Gasteiger charge is 2.19. The van der Waals surface area contributed by atoms with Gasteiger partial charge < -0.3 is 15.2 Å². The van der Waals surface area contributed by atoms with Crippen LogP contribution in [0.4, 0.5) is 5.69 Å². The minimum atomic E-state index is -3.63. The van der Waals surface area contributed by atoms with Crippen LogP contribution >= 0.6 is 0 Å². The van der Waals surface area contributed by atoms with Crippen LogP contribution in [-0.2, 0) is 14.6 Å². The summed E-state index contributed by atoms with van der Waals surface area (Å²) in [5, 5.41) is 11.8. The SMILES string of the molecule is CS(=O)(=O)c1cc(NC(=O)c2cccc(C3CCOC3)c2)cc(C(=O)O)c1.